The molecule has 0 spiro atoms. The molecule has 1 aromatic carbocycles. The zero-order valence-electron chi connectivity index (χ0n) is 38.6. The van der Waals surface area contributed by atoms with Gasteiger partial charge in [0.05, 0.1) is 30.9 Å². The summed E-state index contributed by atoms with van der Waals surface area (Å²) in [5.74, 6) is -3.84. The number of allylic oxidation sites excluding steroid dienone is 9. The summed E-state index contributed by atoms with van der Waals surface area (Å²) >= 11 is 0. The molecule has 2 aliphatic rings. The summed E-state index contributed by atoms with van der Waals surface area (Å²) in [5.41, 5.74) is 5.68. The summed E-state index contributed by atoms with van der Waals surface area (Å²) in [6.07, 6.45) is 20.8. The van der Waals surface area contributed by atoms with Crippen LogP contribution in [0.3, 0.4) is 0 Å². The molecular weight excluding hydrogens is 793 g/mol. The maximum absolute atomic E-state index is 12.6. The van der Waals surface area contributed by atoms with Gasteiger partial charge in [-0.1, -0.05) is 134 Å². The molecule has 12 nitrogen and oxygen atoms in total. The van der Waals surface area contributed by atoms with E-state index < -0.39 is 54.2 Å². The molecule has 0 aromatic heterocycles. The molecule has 0 amide bonds. The molecule has 0 saturated heterocycles. The highest BCUT2D eigenvalue weighted by atomic mass is 16.6. The Bertz CT molecular complexity index is 1730. The van der Waals surface area contributed by atoms with Crippen LogP contribution in [0.2, 0.25) is 0 Å². The average molecular weight is 867 g/mol. The number of carboxylic acid groups (broad SMARTS) is 1. The van der Waals surface area contributed by atoms with E-state index in [1.54, 1.807) is 37.3 Å². The third kappa shape index (κ3) is 19.8. The van der Waals surface area contributed by atoms with Crippen molar-refractivity contribution in [3.63, 3.8) is 0 Å². The Morgan fingerprint density at radius 1 is 0.887 bits per heavy atom. The lowest BCUT2D eigenvalue weighted by Gasteiger charge is -2.32. The highest BCUT2D eigenvalue weighted by Crippen LogP contribution is 2.40. The summed E-state index contributed by atoms with van der Waals surface area (Å²) in [7, 11) is 0. The molecule has 4 atom stereocenters. The predicted octanol–water partition coefficient (Wildman–Crippen LogP) is 10.6. The van der Waals surface area contributed by atoms with E-state index in [-0.39, 0.29) is 5.41 Å². The van der Waals surface area contributed by atoms with Gasteiger partial charge in [0.15, 0.2) is 11.9 Å². The quantitative estimate of drug-likeness (QED) is 0.0340. The number of carboxylic acids is 1. The van der Waals surface area contributed by atoms with E-state index in [0.717, 1.165) is 62.5 Å². The van der Waals surface area contributed by atoms with Crippen molar-refractivity contribution in [2.75, 3.05) is 19.8 Å². The van der Waals surface area contributed by atoms with Crippen LogP contribution in [0.5, 0.6) is 0 Å². The Morgan fingerprint density at radius 2 is 1.42 bits per heavy atom. The van der Waals surface area contributed by atoms with Crippen molar-refractivity contribution in [2.24, 2.45) is 17.3 Å². The van der Waals surface area contributed by atoms with Crippen LogP contribution in [0.4, 0.5) is 0 Å². The normalized spacial score (nSPS) is 18.0. The first-order chi connectivity index (χ1) is 29.4. The fraction of sp³-hybridized carbons (Fsp3) is 0.560. The van der Waals surface area contributed by atoms with Gasteiger partial charge in [-0.05, 0) is 93.4 Å². The molecule has 0 radical (unpaired) electrons. The third-order valence-electron chi connectivity index (χ3n) is 11.0. The number of esters is 3. The molecule has 2 unspecified atom stereocenters. The third-order valence-corrected chi connectivity index (χ3v) is 11.0. The van der Waals surface area contributed by atoms with Crippen LogP contribution in [0.1, 0.15) is 154 Å². The van der Waals surface area contributed by atoms with Gasteiger partial charge in [0.25, 0.3) is 0 Å². The number of hydrogen-bond donors (Lipinski definition) is 5. The van der Waals surface area contributed by atoms with Gasteiger partial charge in [-0.25, -0.2) is 19.2 Å². The van der Waals surface area contributed by atoms with Crippen LogP contribution >= 0.6 is 0 Å². The molecule has 346 valence electrons. The van der Waals surface area contributed by atoms with E-state index in [9.17, 15) is 19.2 Å². The Balaban J connectivity index is 0.000000500. The molecule has 1 aliphatic carbocycles. The fourth-order valence-electron chi connectivity index (χ4n) is 6.88. The van der Waals surface area contributed by atoms with E-state index in [1.165, 1.54) is 36.5 Å². The van der Waals surface area contributed by atoms with Crippen molar-refractivity contribution in [2.45, 2.75) is 145 Å². The second kappa shape index (κ2) is 29.4. The van der Waals surface area contributed by atoms with Crippen molar-refractivity contribution < 1.29 is 58.9 Å². The van der Waals surface area contributed by atoms with Gasteiger partial charge in [0.2, 0.25) is 5.76 Å². The molecule has 0 bridgehead atoms. The number of rotatable bonds is 21. The number of aliphatic hydroxyl groups excluding tert-OH is 4. The van der Waals surface area contributed by atoms with E-state index in [1.807, 2.05) is 12.2 Å². The molecule has 62 heavy (non-hydrogen) atoms. The first kappa shape index (κ1) is 55.1. The molecule has 0 fully saturated rings. The number of carbonyl (C=O) groups excluding carboxylic acids is 3. The number of cyclic esters (lactones) is 1. The minimum Gasteiger partial charge on any atom is -0.505 e. The van der Waals surface area contributed by atoms with E-state index in [0.29, 0.717) is 36.2 Å². The zero-order chi connectivity index (χ0) is 46.8. The zero-order valence-corrected chi connectivity index (χ0v) is 38.6. The first-order valence-corrected chi connectivity index (χ1v) is 22.1. The molecule has 12 heteroatoms. The van der Waals surface area contributed by atoms with Crippen LogP contribution in [0, 0.1) is 17.3 Å². The molecule has 1 heterocycles. The minimum atomic E-state index is -1.42. The number of hydrogen-bond acceptors (Lipinski definition) is 11. The molecule has 5 N–H and O–H groups in total. The maximum atomic E-state index is 12.6. The Morgan fingerprint density at radius 3 is 1.84 bits per heavy atom. The second-order valence-corrected chi connectivity index (χ2v) is 16.6. The lowest BCUT2D eigenvalue weighted by Crippen LogP contribution is -2.31. The Hall–Kier alpha value is -4.94. The average Bonchev–Trinajstić information content (AvgIpc) is 3.50. The largest absolute Gasteiger partial charge is 0.505 e. The van der Waals surface area contributed by atoms with E-state index in [4.69, 9.17) is 35.0 Å². The number of ether oxygens (including phenoxy) is 3. The first-order valence-electron chi connectivity index (χ1n) is 22.1. The molecule has 0 saturated carbocycles. The van der Waals surface area contributed by atoms with Gasteiger partial charge in [0, 0.05) is 6.08 Å². The number of carbonyl (C=O) groups is 4. The lowest BCUT2D eigenvalue weighted by atomic mass is 9.72. The molecule has 1 aliphatic heterocycles. The number of aliphatic carboxylic acids is 1. The molecule has 3 rings (SSSR count). The number of benzene rings is 1. The van der Waals surface area contributed by atoms with Gasteiger partial charge in [-0.15, -0.1) is 0 Å². The Labute approximate surface area is 369 Å². The van der Waals surface area contributed by atoms with E-state index >= 15 is 0 Å². The van der Waals surface area contributed by atoms with Gasteiger partial charge >= 0.3 is 23.9 Å². The second-order valence-electron chi connectivity index (χ2n) is 16.6. The summed E-state index contributed by atoms with van der Waals surface area (Å²) in [4.78, 5) is 46.2. The number of unbranched alkanes of at least 4 members (excludes halogenated alkanes) is 2. The van der Waals surface area contributed by atoms with Gasteiger partial charge < -0.3 is 39.7 Å². The minimum absolute atomic E-state index is 0.260. The molecular formula is C50H74O12. The lowest BCUT2D eigenvalue weighted by molar-refractivity contribution is -0.147. The van der Waals surface area contributed by atoms with Crippen molar-refractivity contribution >= 4 is 23.9 Å². The fourth-order valence-corrected chi connectivity index (χ4v) is 6.88. The van der Waals surface area contributed by atoms with Gasteiger partial charge in [-0.3, -0.25) is 0 Å². The predicted molar refractivity (Wildman–Crippen MR) is 243 cm³/mol. The van der Waals surface area contributed by atoms with Crippen LogP contribution in [0.25, 0.3) is 0 Å². The summed E-state index contributed by atoms with van der Waals surface area (Å²) in [6.45, 7) is 19.4. The van der Waals surface area contributed by atoms with Gasteiger partial charge in [0.1, 0.15) is 6.10 Å². The SMILES string of the molecule is CC1=C(/C=C/C(C)=C/C=C/C(C)=C\C(=O)O)C(C)(C)CCC1.CCCCC(CC)COC(=O)c1ccccc1C(=O)OCC(CC)CCCC.O=C1O[C@H]([C@@H](O)CO)C(O)=C1O. The summed E-state index contributed by atoms with van der Waals surface area (Å²) in [6, 6.07) is 6.77. The molecule has 1 aromatic rings. The van der Waals surface area contributed by atoms with Crippen molar-refractivity contribution in [3.8, 4) is 0 Å². The summed E-state index contributed by atoms with van der Waals surface area (Å²) in [5, 5.41) is 43.7. The van der Waals surface area contributed by atoms with Crippen molar-refractivity contribution in [1.82, 2.24) is 0 Å². The standard InChI is InChI=1S/C24H38O4.C20H28O2.C6H8O6/c1-5-9-13-19(7-3)17-27-23(25)21-15-11-12-16-22(21)24(26)28-18-20(8-4)14-10-6-2;1-15(8-6-9-16(2)14-19(21)22)11-12-18-17(3)10-7-13-20(18,4)5;7-1-2(8)5-3(9)4(10)6(11)12-5/h11-12,15-16,19-20H,5-10,13-14,17-18H2,1-4H3;6,8-9,11-12,14H,7,10,13H2,1-5H3,(H,21,22);2,5,7-10H,1H2/b;9-6+,12-11+,15-8+,16-14-;/t;;2-,5+/m..0/s1. The van der Waals surface area contributed by atoms with E-state index in [2.05, 4.69) is 72.3 Å². The smallest absolute Gasteiger partial charge is 0.377 e. The maximum Gasteiger partial charge on any atom is 0.377 e. The van der Waals surface area contributed by atoms with Crippen LogP contribution in [0.15, 0.2) is 94.5 Å². The monoisotopic (exact) mass is 867 g/mol. The topological polar surface area (TPSA) is 197 Å². The van der Waals surface area contributed by atoms with Gasteiger partial charge in [-0.2, -0.15) is 0 Å². The van der Waals surface area contributed by atoms with Crippen molar-refractivity contribution in [3.05, 3.63) is 106 Å². The highest BCUT2D eigenvalue weighted by molar-refractivity contribution is 6.03. The van der Waals surface area contributed by atoms with Crippen LogP contribution in [-0.2, 0) is 23.8 Å². The Kier molecular flexibility index (Phi) is 26.1. The van der Waals surface area contributed by atoms with Crippen LogP contribution in [-0.4, -0.2) is 81.4 Å². The van der Waals surface area contributed by atoms with Crippen LogP contribution < -0.4 is 0 Å². The summed E-state index contributed by atoms with van der Waals surface area (Å²) < 4.78 is 15.4. The number of aliphatic hydroxyl groups is 4. The highest BCUT2D eigenvalue weighted by Gasteiger charge is 2.38. The van der Waals surface area contributed by atoms with Crippen molar-refractivity contribution in [1.29, 1.82) is 0 Å².